The summed E-state index contributed by atoms with van der Waals surface area (Å²) in [4.78, 5) is 19.1. The van der Waals surface area contributed by atoms with Crippen molar-refractivity contribution in [2.24, 2.45) is 4.99 Å². The van der Waals surface area contributed by atoms with E-state index in [0.29, 0.717) is 6.04 Å². The summed E-state index contributed by atoms with van der Waals surface area (Å²) in [6, 6.07) is 3.46. The number of thioether (sulfide) groups is 1. The summed E-state index contributed by atoms with van der Waals surface area (Å²) in [5.41, 5.74) is 0.145. The second kappa shape index (κ2) is 9.55. The third-order valence-electron chi connectivity index (χ3n) is 4.69. The minimum Gasteiger partial charge on any atom is -0.350 e. The van der Waals surface area contributed by atoms with Gasteiger partial charge in [-0.25, -0.2) is 8.78 Å². The second-order valence-electron chi connectivity index (χ2n) is 6.69. The fraction of sp³-hybridized carbons (Fsp3) is 0.556. The molecule has 2 fully saturated rings. The van der Waals surface area contributed by atoms with Crippen LogP contribution in [0.5, 0.6) is 0 Å². The predicted octanol–water partition coefficient (Wildman–Crippen LogP) is 4.45. The van der Waals surface area contributed by atoms with Crippen molar-refractivity contribution in [1.82, 2.24) is 4.90 Å². The van der Waals surface area contributed by atoms with E-state index in [1.165, 1.54) is 19.3 Å². The van der Waals surface area contributed by atoms with Crippen LogP contribution in [0, 0.1) is 11.6 Å². The fourth-order valence-corrected chi connectivity index (χ4v) is 4.54. The van der Waals surface area contributed by atoms with Crippen LogP contribution in [0.2, 0.25) is 0 Å². The van der Waals surface area contributed by atoms with Crippen LogP contribution in [0.1, 0.15) is 38.5 Å². The summed E-state index contributed by atoms with van der Waals surface area (Å²) in [6.45, 7) is 0. The summed E-state index contributed by atoms with van der Waals surface area (Å²) in [7, 11) is 1.96. The van der Waals surface area contributed by atoms with Crippen molar-refractivity contribution in [3.8, 4) is 0 Å². The molecule has 0 bridgehead atoms. The highest BCUT2D eigenvalue weighted by Gasteiger charge is 2.30. The number of hydrogen-bond acceptors (Lipinski definition) is 3. The normalized spacial score (nSPS) is 22.3. The van der Waals surface area contributed by atoms with Crippen molar-refractivity contribution in [2.75, 3.05) is 18.1 Å². The molecule has 1 saturated carbocycles. The van der Waals surface area contributed by atoms with Gasteiger partial charge in [-0.2, -0.15) is 0 Å². The highest BCUT2D eigenvalue weighted by molar-refractivity contribution is 8.14. The molecule has 1 aliphatic heterocycles. The summed E-state index contributed by atoms with van der Waals surface area (Å²) >= 11 is 1.68. The molecule has 1 saturated heterocycles. The number of amidine groups is 1. The monoisotopic (exact) mass is 403 g/mol. The first-order valence-corrected chi connectivity index (χ1v) is 9.69. The quantitative estimate of drug-likeness (QED) is 0.807. The van der Waals surface area contributed by atoms with E-state index in [0.717, 1.165) is 42.0 Å². The van der Waals surface area contributed by atoms with Crippen LogP contribution in [0.3, 0.4) is 0 Å². The van der Waals surface area contributed by atoms with E-state index in [-0.39, 0.29) is 36.5 Å². The van der Waals surface area contributed by atoms with Crippen molar-refractivity contribution in [2.45, 2.75) is 50.6 Å². The van der Waals surface area contributed by atoms with E-state index in [1.54, 1.807) is 11.8 Å². The van der Waals surface area contributed by atoms with Crippen molar-refractivity contribution >= 4 is 40.9 Å². The lowest BCUT2D eigenvalue weighted by Crippen LogP contribution is -2.34. The SMILES string of the molecule is CN1C(=NC2CCCCC2)SCC1CC(=O)Nc1cc(F)cc(F)c1.Cl. The van der Waals surface area contributed by atoms with Gasteiger partial charge in [0.2, 0.25) is 5.91 Å². The summed E-state index contributed by atoms with van der Waals surface area (Å²) in [5.74, 6) is -0.856. The number of hydrogen-bond donors (Lipinski definition) is 1. The lowest BCUT2D eigenvalue weighted by Gasteiger charge is -2.23. The minimum absolute atomic E-state index is 0. The molecule has 1 amide bonds. The van der Waals surface area contributed by atoms with Gasteiger partial charge in [-0.15, -0.1) is 12.4 Å². The first kappa shape index (κ1) is 21.0. The molecule has 0 aromatic heterocycles. The van der Waals surface area contributed by atoms with Crippen molar-refractivity contribution in [3.63, 3.8) is 0 Å². The van der Waals surface area contributed by atoms with Gasteiger partial charge < -0.3 is 10.2 Å². The predicted molar refractivity (Wildman–Crippen MR) is 105 cm³/mol. The van der Waals surface area contributed by atoms with Crippen LogP contribution in [0.15, 0.2) is 23.2 Å². The molecule has 0 spiro atoms. The first-order chi connectivity index (χ1) is 12.0. The standard InChI is InChI=1S/C18H23F2N3OS.ClH/c1-23-16(11-25-18(23)22-14-5-3-2-4-6-14)10-17(24)21-15-8-12(19)7-13(20)9-15;/h7-9,14,16H,2-6,10-11H2,1H3,(H,21,24);1H. The number of carbonyl (C=O) groups excluding carboxylic acids is 1. The Morgan fingerprint density at radius 2 is 1.88 bits per heavy atom. The van der Waals surface area contributed by atoms with Gasteiger partial charge in [-0.3, -0.25) is 9.79 Å². The number of anilines is 1. The molecule has 1 atom stereocenters. The number of amides is 1. The van der Waals surface area contributed by atoms with Crippen molar-refractivity contribution in [1.29, 1.82) is 0 Å². The lowest BCUT2D eigenvalue weighted by atomic mass is 9.96. The molecule has 3 rings (SSSR count). The Morgan fingerprint density at radius 3 is 2.54 bits per heavy atom. The Balaban J connectivity index is 0.00000243. The van der Waals surface area contributed by atoms with Crippen LogP contribution in [0.25, 0.3) is 0 Å². The molecule has 144 valence electrons. The molecular weight excluding hydrogens is 380 g/mol. The van der Waals surface area contributed by atoms with Gasteiger partial charge >= 0.3 is 0 Å². The van der Waals surface area contributed by atoms with E-state index in [1.807, 2.05) is 7.05 Å². The Hall–Kier alpha value is -1.34. The van der Waals surface area contributed by atoms with Crippen LogP contribution in [-0.4, -0.2) is 40.9 Å². The molecule has 1 unspecified atom stereocenters. The topological polar surface area (TPSA) is 44.7 Å². The number of carbonyl (C=O) groups is 1. The van der Waals surface area contributed by atoms with Gasteiger partial charge in [0.15, 0.2) is 5.17 Å². The average molecular weight is 404 g/mol. The number of rotatable bonds is 4. The highest BCUT2D eigenvalue weighted by atomic mass is 35.5. The molecule has 1 aromatic carbocycles. The average Bonchev–Trinajstić information content (AvgIpc) is 2.88. The van der Waals surface area contributed by atoms with Gasteiger partial charge in [-0.05, 0) is 25.0 Å². The Morgan fingerprint density at radius 1 is 1.23 bits per heavy atom. The van der Waals surface area contributed by atoms with Crippen LogP contribution >= 0.6 is 24.2 Å². The third-order valence-corrected chi connectivity index (χ3v) is 5.89. The number of nitrogens with zero attached hydrogens (tertiary/aromatic N) is 2. The van der Waals surface area contributed by atoms with Gasteiger partial charge in [0.25, 0.3) is 0 Å². The van der Waals surface area contributed by atoms with E-state index in [2.05, 4.69) is 10.2 Å². The zero-order chi connectivity index (χ0) is 17.8. The number of aliphatic imine (C=N–C) groups is 1. The largest absolute Gasteiger partial charge is 0.350 e. The Bertz CT molecular complexity index is 648. The number of nitrogens with one attached hydrogen (secondary N) is 1. The van der Waals surface area contributed by atoms with Crippen LogP contribution < -0.4 is 5.32 Å². The smallest absolute Gasteiger partial charge is 0.226 e. The molecule has 0 radical (unpaired) electrons. The summed E-state index contributed by atoms with van der Waals surface area (Å²) < 4.78 is 26.4. The van der Waals surface area contributed by atoms with Crippen LogP contribution in [0.4, 0.5) is 14.5 Å². The van der Waals surface area contributed by atoms with Gasteiger partial charge in [0, 0.05) is 37.0 Å². The molecule has 1 aromatic rings. The molecule has 8 heteroatoms. The number of halogens is 3. The third kappa shape index (κ3) is 5.58. The van der Waals surface area contributed by atoms with E-state index in [4.69, 9.17) is 4.99 Å². The second-order valence-corrected chi connectivity index (χ2v) is 7.68. The molecule has 26 heavy (non-hydrogen) atoms. The summed E-state index contributed by atoms with van der Waals surface area (Å²) in [6.07, 6.45) is 6.35. The van der Waals surface area contributed by atoms with Gasteiger partial charge in [-0.1, -0.05) is 31.0 Å². The lowest BCUT2D eigenvalue weighted by molar-refractivity contribution is -0.116. The maximum atomic E-state index is 13.2. The fourth-order valence-electron chi connectivity index (χ4n) is 3.28. The molecule has 1 heterocycles. The minimum atomic E-state index is -0.703. The van der Waals surface area contributed by atoms with Crippen molar-refractivity contribution in [3.05, 3.63) is 29.8 Å². The maximum Gasteiger partial charge on any atom is 0.226 e. The zero-order valence-corrected chi connectivity index (χ0v) is 16.3. The molecule has 1 aliphatic carbocycles. The highest BCUT2D eigenvalue weighted by Crippen LogP contribution is 2.28. The molecule has 4 nitrogen and oxygen atoms in total. The van der Waals surface area contributed by atoms with Gasteiger partial charge in [0.05, 0.1) is 6.04 Å². The van der Waals surface area contributed by atoms with Gasteiger partial charge in [0.1, 0.15) is 11.6 Å². The zero-order valence-electron chi connectivity index (χ0n) is 14.7. The molecule has 1 N–H and O–H groups in total. The number of benzene rings is 1. The molecular formula is C18H24ClF2N3OS. The summed E-state index contributed by atoms with van der Waals surface area (Å²) in [5, 5.41) is 3.57. The van der Waals surface area contributed by atoms with Crippen LogP contribution in [-0.2, 0) is 4.79 Å². The first-order valence-electron chi connectivity index (χ1n) is 8.70. The van der Waals surface area contributed by atoms with E-state index < -0.39 is 11.6 Å². The Labute approximate surface area is 163 Å². The van der Waals surface area contributed by atoms with Crippen molar-refractivity contribution < 1.29 is 13.6 Å². The maximum absolute atomic E-state index is 13.2. The van der Waals surface area contributed by atoms with E-state index >= 15 is 0 Å². The van der Waals surface area contributed by atoms with E-state index in [9.17, 15) is 13.6 Å². The molecule has 2 aliphatic rings. The Kier molecular flexibility index (Phi) is 7.70.